The third kappa shape index (κ3) is 5.56. The second kappa shape index (κ2) is 11.9. The van der Waals surface area contributed by atoms with Crippen molar-refractivity contribution < 1.29 is 14.3 Å². The highest BCUT2D eigenvalue weighted by Gasteiger charge is 2.37. The molecule has 2 aromatic heterocycles. The van der Waals surface area contributed by atoms with Crippen molar-refractivity contribution in [3.63, 3.8) is 0 Å². The Morgan fingerprint density at radius 3 is 2.61 bits per heavy atom. The first-order valence-corrected chi connectivity index (χ1v) is 14.6. The van der Waals surface area contributed by atoms with Crippen molar-refractivity contribution in [2.75, 3.05) is 18.2 Å². The Kier molecular flexibility index (Phi) is 7.74. The second-order valence-corrected chi connectivity index (χ2v) is 11.3. The Morgan fingerprint density at radius 2 is 1.78 bits per heavy atom. The van der Waals surface area contributed by atoms with E-state index in [1.807, 2.05) is 85.8 Å². The number of rotatable bonds is 9. The Balaban J connectivity index is 1.34. The number of fused-ring (bicyclic) bond motifs is 1. The molecule has 41 heavy (non-hydrogen) atoms. The third-order valence-corrected chi connectivity index (χ3v) is 8.76. The van der Waals surface area contributed by atoms with Crippen LogP contribution in [-0.2, 0) is 16.1 Å². The molecule has 1 unspecified atom stereocenters. The van der Waals surface area contributed by atoms with Gasteiger partial charge in [0.15, 0.2) is 4.34 Å². The molecule has 10 nitrogen and oxygen atoms in total. The van der Waals surface area contributed by atoms with Gasteiger partial charge in [-0.1, -0.05) is 101 Å². The summed E-state index contributed by atoms with van der Waals surface area (Å²) in [5.41, 5.74) is 4.96. The number of hydrogen-bond donors (Lipinski definition) is 1. The summed E-state index contributed by atoms with van der Waals surface area (Å²) in [4.78, 5) is 13.4. The topological polar surface area (TPSA) is 117 Å². The number of esters is 1. The van der Waals surface area contributed by atoms with Gasteiger partial charge in [-0.15, -0.1) is 10.2 Å². The van der Waals surface area contributed by atoms with E-state index in [9.17, 15) is 4.79 Å². The van der Waals surface area contributed by atoms with Crippen LogP contribution in [0.4, 0.5) is 5.95 Å². The molecule has 0 fully saturated rings. The summed E-state index contributed by atoms with van der Waals surface area (Å²) in [7, 11) is 1.36. The van der Waals surface area contributed by atoms with Crippen molar-refractivity contribution >= 4 is 35.0 Å². The van der Waals surface area contributed by atoms with Crippen LogP contribution in [0.2, 0.25) is 0 Å². The van der Waals surface area contributed by atoms with Crippen LogP contribution in [0.15, 0.2) is 94.5 Å². The van der Waals surface area contributed by atoms with E-state index >= 15 is 0 Å². The van der Waals surface area contributed by atoms with Crippen molar-refractivity contribution in [1.82, 2.24) is 30.4 Å². The molecular formula is C29H25N7O3S2. The molecule has 12 heteroatoms. The minimum Gasteiger partial charge on any atom is -0.489 e. The molecule has 3 heterocycles. The molecule has 6 rings (SSSR count). The first kappa shape index (κ1) is 26.7. The predicted octanol–water partition coefficient (Wildman–Crippen LogP) is 5.31. The number of methoxy groups -OCH3 is 1. The molecule has 0 saturated carbocycles. The zero-order valence-electron chi connectivity index (χ0n) is 22.2. The standard InChI is InChI=1S/C29H25N7O3S2/c1-18-10-6-7-13-20(18)16-39-23-15-9-8-14-21(23)25-24(27(37)38-2)22(30-28-32-34-35-36(25)28)17-40-29-33-31-26(41-29)19-11-4-3-5-12-19/h3-15,25H,16-17H2,1-2H3,(H,30,32,35). The van der Waals surface area contributed by atoms with E-state index in [2.05, 4.69) is 31.0 Å². The number of aryl methyl sites for hydroxylation is 1. The number of benzene rings is 3. The monoisotopic (exact) mass is 583 g/mol. The maximum absolute atomic E-state index is 13.4. The number of carbonyl (C=O) groups excluding carboxylic acids is 1. The highest BCUT2D eigenvalue weighted by atomic mass is 32.2. The van der Waals surface area contributed by atoms with E-state index in [-0.39, 0.29) is 0 Å². The molecule has 3 aromatic carbocycles. The summed E-state index contributed by atoms with van der Waals surface area (Å²) in [5, 5.41) is 25.0. The first-order chi connectivity index (χ1) is 20.1. The number of aromatic nitrogens is 6. The Hall–Kier alpha value is -4.55. The lowest BCUT2D eigenvalue weighted by Crippen LogP contribution is -2.31. The van der Waals surface area contributed by atoms with Crippen molar-refractivity contribution in [2.45, 2.75) is 23.9 Å². The molecule has 206 valence electrons. The SMILES string of the molecule is COC(=O)C1=C(CSc2nnc(-c3ccccc3)s2)Nc2nnnn2C1c1ccccc1OCc1ccccc1C. The summed E-state index contributed by atoms with van der Waals surface area (Å²) in [5.74, 6) is 0.933. The van der Waals surface area contributed by atoms with Gasteiger partial charge in [-0.3, -0.25) is 0 Å². The van der Waals surface area contributed by atoms with Crippen LogP contribution in [0.5, 0.6) is 5.75 Å². The van der Waals surface area contributed by atoms with Crippen LogP contribution in [0.1, 0.15) is 22.7 Å². The number of hydrogen-bond acceptors (Lipinski definition) is 11. The Labute approximate surface area is 244 Å². The number of nitrogens with one attached hydrogen (secondary N) is 1. The first-order valence-electron chi connectivity index (χ1n) is 12.8. The number of anilines is 1. The quantitative estimate of drug-likeness (QED) is 0.181. The lowest BCUT2D eigenvalue weighted by molar-refractivity contribution is -0.136. The maximum atomic E-state index is 13.4. The molecule has 0 radical (unpaired) electrons. The number of thioether (sulfide) groups is 1. The molecule has 0 aliphatic carbocycles. The summed E-state index contributed by atoms with van der Waals surface area (Å²) < 4.78 is 13.9. The number of para-hydroxylation sites is 1. The average Bonchev–Trinajstić information content (AvgIpc) is 3.69. The molecular weight excluding hydrogens is 558 g/mol. The van der Waals surface area contributed by atoms with Crippen LogP contribution in [0.25, 0.3) is 10.6 Å². The van der Waals surface area contributed by atoms with Crippen LogP contribution in [-0.4, -0.2) is 49.2 Å². The van der Waals surface area contributed by atoms with Gasteiger partial charge in [0.1, 0.15) is 23.4 Å². The van der Waals surface area contributed by atoms with Crippen molar-refractivity contribution in [2.24, 2.45) is 0 Å². The molecule has 1 aliphatic rings. The molecule has 1 N–H and O–H groups in total. The van der Waals surface area contributed by atoms with Crippen molar-refractivity contribution in [3.8, 4) is 16.3 Å². The van der Waals surface area contributed by atoms with Crippen LogP contribution < -0.4 is 10.1 Å². The molecule has 5 aromatic rings. The molecule has 1 atom stereocenters. The lowest BCUT2D eigenvalue weighted by atomic mass is 9.95. The van der Waals surface area contributed by atoms with Crippen molar-refractivity contribution in [3.05, 3.63) is 107 Å². The smallest absolute Gasteiger partial charge is 0.338 e. The van der Waals surface area contributed by atoms with Gasteiger partial charge in [0.05, 0.1) is 12.7 Å². The average molecular weight is 584 g/mol. The van der Waals surface area contributed by atoms with E-state index < -0.39 is 12.0 Å². The molecule has 0 saturated heterocycles. The van der Waals surface area contributed by atoms with Gasteiger partial charge >= 0.3 is 5.97 Å². The van der Waals surface area contributed by atoms with E-state index in [4.69, 9.17) is 9.47 Å². The minimum atomic E-state index is -0.674. The van der Waals surface area contributed by atoms with E-state index in [0.29, 0.717) is 35.3 Å². The zero-order valence-corrected chi connectivity index (χ0v) is 23.9. The Morgan fingerprint density at radius 1 is 1.00 bits per heavy atom. The summed E-state index contributed by atoms with van der Waals surface area (Å²) in [6, 6.07) is 24.9. The van der Waals surface area contributed by atoms with Crippen molar-refractivity contribution in [1.29, 1.82) is 0 Å². The number of ether oxygens (including phenoxy) is 2. The summed E-state index contributed by atoms with van der Waals surface area (Å²) in [6.07, 6.45) is 0. The van der Waals surface area contributed by atoms with Gasteiger partial charge in [0, 0.05) is 22.6 Å². The predicted molar refractivity (Wildman–Crippen MR) is 157 cm³/mol. The fourth-order valence-corrected chi connectivity index (χ4v) is 6.38. The van der Waals surface area contributed by atoms with Crippen LogP contribution in [0, 0.1) is 6.92 Å². The fraction of sp³-hybridized carbons (Fsp3) is 0.172. The number of carbonyl (C=O) groups is 1. The van der Waals surface area contributed by atoms with Crippen LogP contribution >= 0.6 is 23.1 Å². The van der Waals surface area contributed by atoms with Gasteiger partial charge < -0.3 is 14.8 Å². The molecule has 0 spiro atoms. The van der Waals surface area contributed by atoms with Gasteiger partial charge in [-0.2, -0.15) is 4.68 Å². The number of tetrazole rings is 1. The third-order valence-electron chi connectivity index (χ3n) is 6.63. The van der Waals surface area contributed by atoms with Gasteiger partial charge in [-0.25, -0.2) is 4.79 Å². The van der Waals surface area contributed by atoms with Gasteiger partial charge in [0.25, 0.3) is 0 Å². The minimum absolute atomic E-state index is 0.373. The Bertz CT molecular complexity index is 1720. The highest BCUT2D eigenvalue weighted by molar-refractivity contribution is 8.01. The largest absolute Gasteiger partial charge is 0.489 e. The summed E-state index contributed by atoms with van der Waals surface area (Å²) >= 11 is 2.96. The van der Waals surface area contributed by atoms with E-state index in [0.717, 1.165) is 31.6 Å². The molecule has 0 bridgehead atoms. The van der Waals surface area contributed by atoms with E-state index in [1.165, 1.54) is 30.2 Å². The lowest BCUT2D eigenvalue weighted by Gasteiger charge is -2.29. The normalized spacial score (nSPS) is 14.3. The van der Waals surface area contributed by atoms with Gasteiger partial charge in [0.2, 0.25) is 5.95 Å². The second-order valence-electron chi connectivity index (χ2n) is 9.14. The highest BCUT2D eigenvalue weighted by Crippen LogP contribution is 2.41. The molecule has 1 aliphatic heterocycles. The van der Waals surface area contributed by atoms with Gasteiger partial charge in [-0.05, 0) is 34.5 Å². The fourth-order valence-electron chi connectivity index (χ4n) is 4.55. The van der Waals surface area contributed by atoms with E-state index in [1.54, 1.807) is 4.68 Å². The maximum Gasteiger partial charge on any atom is 0.338 e. The zero-order chi connectivity index (χ0) is 28.2. The number of nitrogens with zero attached hydrogens (tertiary/aromatic N) is 6. The van der Waals surface area contributed by atoms with Crippen LogP contribution in [0.3, 0.4) is 0 Å². The summed E-state index contributed by atoms with van der Waals surface area (Å²) in [6.45, 7) is 2.42. The molecule has 0 amide bonds.